The number of hydrogen-bond donors (Lipinski definition) is 2. The Hall–Kier alpha value is -6.76. The zero-order chi connectivity index (χ0) is 40.1. The number of nitrogens with zero attached hydrogens (tertiary/aromatic N) is 6. The average molecular weight is 805 g/mol. The van der Waals surface area contributed by atoms with E-state index in [-0.39, 0.29) is 23.1 Å². The van der Waals surface area contributed by atoms with E-state index in [1.807, 2.05) is 60.7 Å². The lowest BCUT2D eigenvalue weighted by molar-refractivity contribution is 0.474. The first kappa shape index (κ1) is 39.5. The fraction of sp³-hybridized carbons (Fsp3) is 0.0435. The van der Waals surface area contributed by atoms with Crippen LogP contribution in [-0.4, -0.2) is 22.6 Å². The van der Waals surface area contributed by atoms with Crippen LogP contribution in [0.1, 0.15) is 22.3 Å². The van der Waals surface area contributed by atoms with Crippen molar-refractivity contribution < 1.29 is 19.0 Å². The molecule has 0 atom stereocenters. The SMILES string of the molecule is Oc1ccc(N=Nc2ccc(F)cc2)cc1C=Nc1ccccc1SCc1ccccc1CSc1ccccc1N=Cc1cc(N=Nc2ccc(F)cc2)ccc1O. The minimum Gasteiger partial charge on any atom is -0.507 e. The number of halogens is 2. The van der Waals surface area contributed by atoms with Crippen molar-refractivity contribution in [1.82, 2.24) is 0 Å². The molecule has 0 unspecified atom stereocenters. The van der Waals surface area contributed by atoms with Gasteiger partial charge in [0, 0.05) is 44.9 Å². The maximum atomic E-state index is 13.3. The number of phenolic OH excluding ortho intramolecular Hbond substituents is 2. The Morgan fingerprint density at radius 3 is 1.22 bits per heavy atom. The second kappa shape index (κ2) is 19.4. The number of aromatic hydroxyl groups is 2. The molecule has 0 spiro atoms. The molecule has 0 aliphatic carbocycles. The summed E-state index contributed by atoms with van der Waals surface area (Å²) in [5.41, 5.74) is 6.92. The predicted molar refractivity (Wildman–Crippen MR) is 230 cm³/mol. The fourth-order valence-electron chi connectivity index (χ4n) is 5.46. The molecule has 7 aromatic rings. The number of hydrogen-bond acceptors (Lipinski definition) is 10. The van der Waals surface area contributed by atoms with Crippen LogP contribution in [-0.2, 0) is 11.5 Å². The first-order valence-corrected chi connectivity index (χ1v) is 19.9. The number of azo groups is 2. The van der Waals surface area contributed by atoms with Gasteiger partial charge in [-0.3, -0.25) is 9.98 Å². The molecular weight excluding hydrogens is 771 g/mol. The van der Waals surface area contributed by atoms with Crippen LogP contribution in [0.5, 0.6) is 11.5 Å². The van der Waals surface area contributed by atoms with Gasteiger partial charge in [0.15, 0.2) is 0 Å². The summed E-state index contributed by atoms with van der Waals surface area (Å²) in [7, 11) is 0. The van der Waals surface area contributed by atoms with Crippen molar-refractivity contribution in [3.8, 4) is 11.5 Å². The lowest BCUT2D eigenvalue weighted by Crippen LogP contribution is -1.91. The minimum absolute atomic E-state index is 0.0583. The molecule has 0 fully saturated rings. The third kappa shape index (κ3) is 11.0. The van der Waals surface area contributed by atoms with Crippen molar-refractivity contribution >= 4 is 70.1 Å². The summed E-state index contributed by atoms with van der Waals surface area (Å²) in [6, 6.07) is 45.2. The van der Waals surface area contributed by atoms with Gasteiger partial charge in [0.25, 0.3) is 0 Å². The monoisotopic (exact) mass is 804 g/mol. The van der Waals surface area contributed by atoms with Crippen molar-refractivity contribution in [2.24, 2.45) is 30.4 Å². The number of rotatable bonds is 14. The summed E-state index contributed by atoms with van der Waals surface area (Å²) >= 11 is 3.35. The lowest BCUT2D eigenvalue weighted by Gasteiger charge is -2.11. The van der Waals surface area contributed by atoms with Gasteiger partial charge in [-0.1, -0.05) is 48.5 Å². The van der Waals surface area contributed by atoms with Gasteiger partial charge >= 0.3 is 0 Å². The molecule has 0 saturated heterocycles. The number of benzene rings is 7. The molecule has 0 heterocycles. The highest BCUT2D eigenvalue weighted by Crippen LogP contribution is 2.36. The molecule has 0 amide bonds. The summed E-state index contributed by atoms with van der Waals surface area (Å²) < 4.78 is 26.5. The third-order valence-electron chi connectivity index (χ3n) is 8.54. The molecule has 286 valence electrons. The topological polar surface area (TPSA) is 115 Å². The van der Waals surface area contributed by atoms with Crippen LogP contribution in [0.15, 0.2) is 198 Å². The zero-order valence-corrected chi connectivity index (χ0v) is 32.4. The zero-order valence-electron chi connectivity index (χ0n) is 30.7. The maximum absolute atomic E-state index is 13.3. The van der Waals surface area contributed by atoms with E-state index in [1.165, 1.54) is 71.8 Å². The van der Waals surface area contributed by atoms with Gasteiger partial charge in [-0.2, -0.15) is 20.5 Å². The van der Waals surface area contributed by atoms with Crippen LogP contribution >= 0.6 is 23.5 Å². The molecule has 0 saturated carbocycles. The van der Waals surface area contributed by atoms with Crippen molar-refractivity contribution in [2.45, 2.75) is 21.3 Å². The van der Waals surface area contributed by atoms with E-state index in [1.54, 1.807) is 60.2 Å². The van der Waals surface area contributed by atoms with Gasteiger partial charge in [0.2, 0.25) is 0 Å². The summed E-state index contributed by atoms with van der Waals surface area (Å²) in [6.45, 7) is 0. The quantitative estimate of drug-likeness (QED) is 0.0647. The van der Waals surface area contributed by atoms with E-state index >= 15 is 0 Å². The summed E-state index contributed by atoms with van der Waals surface area (Å²) in [4.78, 5) is 11.4. The number of phenols is 2. The molecule has 0 aromatic heterocycles. The van der Waals surface area contributed by atoms with Crippen LogP contribution in [0.25, 0.3) is 0 Å². The molecule has 58 heavy (non-hydrogen) atoms. The Labute approximate surface area is 342 Å². The van der Waals surface area contributed by atoms with E-state index in [2.05, 4.69) is 32.6 Å². The highest BCUT2D eigenvalue weighted by molar-refractivity contribution is 7.99. The largest absolute Gasteiger partial charge is 0.507 e. The van der Waals surface area contributed by atoms with Crippen LogP contribution < -0.4 is 0 Å². The van der Waals surface area contributed by atoms with Crippen LogP contribution in [0, 0.1) is 11.6 Å². The van der Waals surface area contributed by atoms with Crippen molar-refractivity contribution in [3.63, 3.8) is 0 Å². The second-order valence-electron chi connectivity index (χ2n) is 12.6. The van der Waals surface area contributed by atoms with Crippen molar-refractivity contribution in [1.29, 1.82) is 0 Å². The van der Waals surface area contributed by atoms with Gasteiger partial charge in [-0.25, -0.2) is 8.78 Å². The Morgan fingerprint density at radius 2 is 0.793 bits per heavy atom. The summed E-state index contributed by atoms with van der Waals surface area (Å²) in [5, 5.41) is 37.9. The highest BCUT2D eigenvalue weighted by Gasteiger charge is 2.10. The van der Waals surface area contributed by atoms with E-state index in [4.69, 9.17) is 9.98 Å². The molecule has 12 heteroatoms. The maximum Gasteiger partial charge on any atom is 0.124 e. The Bertz CT molecular complexity index is 2450. The molecule has 8 nitrogen and oxygen atoms in total. The molecule has 0 bridgehead atoms. The molecule has 7 rings (SSSR count). The van der Waals surface area contributed by atoms with Gasteiger partial charge in [0.1, 0.15) is 23.1 Å². The smallest absolute Gasteiger partial charge is 0.124 e. The third-order valence-corrected chi connectivity index (χ3v) is 10.8. The molecule has 0 aliphatic rings. The Morgan fingerprint density at radius 1 is 0.431 bits per heavy atom. The number of thioether (sulfide) groups is 2. The van der Waals surface area contributed by atoms with Crippen molar-refractivity contribution in [2.75, 3.05) is 0 Å². The molecular formula is C46H34F2N6O2S2. The van der Waals surface area contributed by atoms with Gasteiger partial charge in [-0.15, -0.1) is 23.5 Å². The van der Waals surface area contributed by atoms with Crippen LogP contribution in [0.3, 0.4) is 0 Å². The van der Waals surface area contributed by atoms with Crippen LogP contribution in [0.4, 0.5) is 42.9 Å². The van der Waals surface area contributed by atoms with E-state index in [0.29, 0.717) is 45.4 Å². The summed E-state index contributed by atoms with van der Waals surface area (Å²) in [5.74, 6) is 0.840. The molecule has 0 aliphatic heterocycles. The predicted octanol–water partition coefficient (Wildman–Crippen LogP) is 14.3. The van der Waals surface area contributed by atoms with Gasteiger partial charge < -0.3 is 10.2 Å². The minimum atomic E-state index is -0.348. The Kier molecular flexibility index (Phi) is 13.2. The van der Waals surface area contributed by atoms with E-state index < -0.39 is 0 Å². The van der Waals surface area contributed by atoms with Gasteiger partial charge in [0.05, 0.1) is 34.1 Å². The molecule has 7 aromatic carbocycles. The first-order valence-electron chi connectivity index (χ1n) is 18.0. The highest BCUT2D eigenvalue weighted by atomic mass is 32.2. The van der Waals surface area contributed by atoms with E-state index in [9.17, 15) is 19.0 Å². The summed E-state index contributed by atoms with van der Waals surface area (Å²) in [6.07, 6.45) is 3.21. The van der Waals surface area contributed by atoms with Crippen LogP contribution in [0.2, 0.25) is 0 Å². The standard InChI is InChI=1S/C46H34F2N6O2S2/c47-35-13-17-37(18-14-35)51-53-39-21-23-43(55)33(25-39)27-49-41-9-3-5-11-45(41)57-29-31-7-1-2-8-32(31)30-58-46-12-6-4-10-42(46)50-28-34-26-40(22-24-44(34)56)54-52-38-19-15-36(48)16-20-38/h1-28,55-56H,29-30H2. The normalized spacial score (nSPS) is 11.8. The van der Waals surface area contributed by atoms with E-state index in [0.717, 1.165) is 21.2 Å². The second-order valence-corrected chi connectivity index (χ2v) is 14.7. The first-order chi connectivity index (χ1) is 28.4. The number of para-hydroxylation sites is 2. The number of aliphatic imine (C=N–C) groups is 2. The average Bonchev–Trinajstić information content (AvgIpc) is 3.25. The van der Waals surface area contributed by atoms with Gasteiger partial charge in [-0.05, 0) is 120 Å². The molecule has 0 radical (unpaired) electrons. The lowest BCUT2D eigenvalue weighted by atomic mass is 10.1. The Balaban J connectivity index is 1.01. The molecule has 2 N–H and O–H groups in total. The fourth-order valence-corrected chi connectivity index (χ4v) is 7.53. The van der Waals surface area contributed by atoms with Crippen molar-refractivity contribution in [3.05, 3.63) is 192 Å².